The Hall–Kier alpha value is -1.10. The molecule has 0 aromatic carbocycles. The van der Waals surface area contributed by atoms with Crippen LogP contribution in [0.15, 0.2) is 23.1 Å². The van der Waals surface area contributed by atoms with Gasteiger partial charge in [-0.2, -0.15) is 0 Å². The number of H-pyrrole nitrogens is 1. The molecule has 0 aliphatic heterocycles. The molecule has 1 aliphatic carbocycles. The molecule has 0 saturated heterocycles. The lowest BCUT2D eigenvalue weighted by Gasteiger charge is -2.21. The molecule has 0 atom stereocenters. The lowest BCUT2D eigenvalue weighted by Crippen LogP contribution is -2.35. The maximum atomic E-state index is 12.1. The third-order valence-corrected chi connectivity index (χ3v) is 2.95. The first-order valence-electron chi connectivity index (χ1n) is 5.28. The number of hydrogen-bond acceptors (Lipinski definition) is 2. The monoisotopic (exact) mass is 284 g/mol. The zero-order valence-corrected chi connectivity index (χ0v) is 10.4. The molecule has 4 nitrogen and oxygen atoms in total. The largest absolute Gasteiger partial charge is 0.335 e. The molecule has 1 heterocycles. The lowest BCUT2D eigenvalue weighted by atomic mass is 10.2. The van der Waals surface area contributed by atoms with Gasteiger partial charge < -0.3 is 9.88 Å². The fourth-order valence-corrected chi connectivity index (χ4v) is 2.05. The number of aromatic nitrogens is 1. The first-order chi connectivity index (χ1) is 7.72. The van der Waals surface area contributed by atoms with Gasteiger partial charge in [0.2, 0.25) is 5.56 Å². The van der Waals surface area contributed by atoms with Crippen LogP contribution in [0.3, 0.4) is 0 Å². The van der Waals surface area contributed by atoms with Gasteiger partial charge in [0, 0.05) is 35.7 Å². The van der Waals surface area contributed by atoms with Crippen molar-refractivity contribution >= 4 is 21.8 Å². The van der Waals surface area contributed by atoms with E-state index in [1.54, 1.807) is 6.07 Å². The smallest absolute Gasteiger partial charge is 0.254 e. The molecule has 1 aromatic heterocycles. The number of rotatable bonds is 4. The summed E-state index contributed by atoms with van der Waals surface area (Å²) in [7, 11) is 0. The Morgan fingerprint density at radius 2 is 2.31 bits per heavy atom. The number of halogens is 1. The van der Waals surface area contributed by atoms with Gasteiger partial charge in [0.1, 0.15) is 0 Å². The minimum Gasteiger partial charge on any atom is -0.335 e. The number of carbonyl (C=O) groups is 1. The third kappa shape index (κ3) is 2.52. The SMILES string of the molecule is O=C(c1cc[nH]c(=O)c1)N(CCBr)C1CC1. The summed E-state index contributed by atoms with van der Waals surface area (Å²) in [5, 5.41) is 0.762. The Kier molecular flexibility index (Phi) is 3.43. The molecule has 86 valence electrons. The molecule has 1 fully saturated rings. The van der Waals surface area contributed by atoms with Crippen LogP contribution in [0.25, 0.3) is 0 Å². The van der Waals surface area contributed by atoms with Gasteiger partial charge in [-0.25, -0.2) is 0 Å². The Morgan fingerprint density at radius 1 is 1.56 bits per heavy atom. The van der Waals surface area contributed by atoms with Gasteiger partial charge in [0.25, 0.3) is 5.91 Å². The lowest BCUT2D eigenvalue weighted by molar-refractivity contribution is 0.0754. The molecule has 0 radical (unpaired) electrons. The molecule has 0 unspecified atom stereocenters. The van der Waals surface area contributed by atoms with E-state index in [-0.39, 0.29) is 11.5 Å². The Balaban J connectivity index is 2.18. The quantitative estimate of drug-likeness (QED) is 0.850. The van der Waals surface area contributed by atoms with Crippen LogP contribution >= 0.6 is 15.9 Å². The fourth-order valence-electron chi connectivity index (χ4n) is 1.67. The predicted molar refractivity (Wildman–Crippen MR) is 64.9 cm³/mol. The van der Waals surface area contributed by atoms with Gasteiger partial charge in [0.15, 0.2) is 0 Å². The van der Waals surface area contributed by atoms with Gasteiger partial charge in [-0.05, 0) is 18.9 Å². The molecule has 1 saturated carbocycles. The maximum Gasteiger partial charge on any atom is 0.254 e. The summed E-state index contributed by atoms with van der Waals surface area (Å²) in [5.41, 5.74) is 0.233. The van der Waals surface area contributed by atoms with Crippen molar-refractivity contribution in [2.24, 2.45) is 0 Å². The van der Waals surface area contributed by atoms with E-state index in [1.807, 2.05) is 4.90 Å². The topological polar surface area (TPSA) is 53.2 Å². The average Bonchev–Trinajstić information content (AvgIpc) is 3.09. The zero-order chi connectivity index (χ0) is 11.5. The maximum absolute atomic E-state index is 12.1. The summed E-state index contributed by atoms with van der Waals surface area (Å²) < 4.78 is 0. The first kappa shape index (κ1) is 11.4. The fraction of sp³-hybridized carbons (Fsp3) is 0.455. The number of nitrogens with one attached hydrogen (secondary N) is 1. The van der Waals surface area contributed by atoms with E-state index in [0.29, 0.717) is 18.2 Å². The molecule has 1 aliphatic rings. The van der Waals surface area contributed by atoms with Crippen molar-refractivity contribution in [3.8, 4) is 0 Å². The second kappa shape index (κ2) is 4.82. The molecule has 1 N–H and O–H groups in total. The van der Waals surface area contributed by atoms with Crippen LogP contribution in [-0.2, 0) is 0 Å². The van der Waals surface area contributed by atoms with E-state index in [0.717, 1.165) is 18.2 Å². The Morgan fingerprint density at radius 3 is 2.88 bits per heavy atom. The number of amides is 1. The third-order valence-electron chi connectivity index (χ3n) is 2.60. The van der Waals surface area contributed by atoms with Crippen LogP contribution in [0.4, 0.5) is 0 Å². The highest BCUT2D eigenvalue weighted by Crippen LogP contribution is 2.27. The van der Waals surface area contributed by atoms with Gasteiger partial charge in [0.05, 0.1) is 0 Å². The predicted octanol–water partition coefficient (Wildman–Crippen LogP) is 1.37. The second-order valence-corrected chi connectivity index (χ2v) is 4.65. The van der Waals surface area contributed by atoms with Crippen molar-refractivity contribution in [3.05, 3.63) is 34.2 Å². The van der Waals surface area contributed by atoms with Crippen LogP contribution in [0, 0.1) is 0 Å². The van der Waals surface area contributed by atoms with Crippen LogP contribution in [-0.4, -0.2) is 33.7 Å². The first-order valence-corrected chi connectivity index (χ1v) is 6.40. The normalized spacial score (nSPS) is 14.8. The molecule has 16 heavy (non-hydrogen) atoms. The van der Waals surface area contributed by atoms with E-state index in [2.05, 4.69) is 20.9 Å². The molecule has 1 amide bonds. The van der Waals surface area contributed by atoms with E-state index < -0.39 is 0 Å². The summed E-state index contributed by atoms with van der Waals surface area (Å²) in [6, 6.07) is 3.36. The molecular formula is C11H13BrN2O2. The van der Waals surface area contributed by atoms with Gasteiger partial charge in [-0.15, -0.1) is 0 Å². The number of alkyl halides is 1. The number of nitrogens with zero attached hydrogens (tertiary/aromatic N) is 1. The summed E-state index contributed by atoms with van der Waals surface area (Å²) in [6.45, 7) is 0.691. The summed E-state index contributed by atoms with van der Waals surface area (Å²) >= 11 is 3.34. The van der Waals surface area contributed by atoms with Crippen molar-refractivity contribution in [2.75, 3.05) is 11.9 Å². The second-order valence-electron chi connectivity index (χ2n) is 3.86. The van der Waals surface area contributed by atoms with Crippen molar-refractivity contribution < 1.29 is 4.79 Å². The van der Waals surface area contributed by atoms with E-state index in [9.17, 15) is 9.59 Å². The highest BCUT2D eigenvalue weighted by molar-refractivity contribution is 9.09. The highest BCUT2D eigenvalue weighted by atomic mass is 79.9. The summed E-state index contributed by atoms with van der Waals surface area (Å²) in [5.74, 6) is -0.0481. The number of carbonyl (C=O) groups excluding carboxylic acids is 1. The average molecular weight is 285 g/mol. The van der Waals surface area contributed by atoms with E-state index in [4.69, 9.17) is 0 Å². The minimum absolute atomic E-state index is 0.0481. The Labute approximate surface area is 102 Å². The van der Waals surface area contributed by atoms with E-state index >= 15 is 0 Å². The molecule has 0 spiro atoms. The molecule has 0 bridgehead atoms. The van der Waals surface area contributed by atoms with Crippen LogP contribution in [0.1, 0.15) is 23.2 Å². The minimum atomic E-state index is -0.236. The Bertz CT molecular complexity index is 440. The van der Waals surface area contributed by atoms with Crippen molar-refractivity contribution in [2.45, 2.75) is 18.9 Å². The van der Waals surface area contributed by atoms with Crippen molar-refractivity contribution in [1.29, 1.82) is 0 Å². The highest BCUT2D eigenvalue weighted by Gasteiger charge is 2.32. The van der Waals surface area contributed by atoms with Crippen LogP contribution < -0.4 is 5.56 Å². The number of aromatic amines is 1. The molecular weight excluding hydrogens is 272 g/mol. The summed E-state index contributed by atoms with van der Waals surface area (Å²) in [4.78, 5) is 27.6. The molecule has 2 rings (SSSR count). The van der Waals surface area contributed by atoms with Crippen LogP contribution in [0.5, 0.6) is 0 Å². The van der Waals surface area contributed by atoms with Crippen molar-refractivity contribution in [3.63, 3.8) is 0 Å². The van der Waals surface area contributed by atoms with Crippen LogP contribution in [0.2, 0.25) is 0 Å². The number of pyridine rings is 1. The zero-order valence-electron chi connectivity index (χ0n) is 8.78. The van der Waals surface area contributed by atoms with E-state index in [1.165, 1.54) is 12.3 Å². The molecule has 5 heteroatoms. The van der Waals surface area contributed by atoms with Gasteiger partial charge in [-0.3, -0.25) is 9.59 Å². The number of hydrogen-bond donors (Lipinski definition) is 1. The molecule has 1 aromatic rings. The summed E-state index contributed by atoms with van der Waals surface area (Å²) in [6.07, 6.45) is 3.65. The standard InChI is InChI=1S/C11H13BrN2O2/c12-4-6-14(9-1-2-9)11(16)8-3-5-13-10(15)7-8/h3,5,7,9H,1-2,4,6H2,(H,13,15). The van der Waals surface area contributed by atoms with Crippen molar-refractivity contribution in [1.82, 2.24) is 9.88 Å². The van der Waals surface area contributed by atoms with Gasteiger partial charge in [-0.1, -0.05) is 15.9 Å². The van der Waals surface area contributed by atoms with Gasteiger partial charge >= 0.3 is 0 Å².